The van der Waals surface area contributed by atoms with E-state index in [4.69, 9.17) is 16.3 Å². The molecular formula is C16H12ClF2NO3. The number of halogens is 3. The first-order valence-electron chi connectivity index (χ1n) is 6.55. The SMILES string of the molecule is CC(=O)c1cc(Cl)ccc1OCC(=O)Nc1c(F)cccc1F. The molecule has 0 fully saturated rings. The second-order valence-electron chi connectivity index (χ2n) is 4.63. The Hall–Kier alpha value is -2.47. The Morgan fingerprint density at radius 3 is 2.43 bits per heavy atom. The summed E-state index contributed by atoms with van der Waals surface area (Å²) in [4.78, 5) is 23.3. The fourth-order valence-electron chi connectivity index (χ4n) is 1.84. The van der Waals surface area contributed by atoms with Crippen molar-refractivity contribution < 1.29 is 23.1 Å². The summed E-state index contributed by atoms with van der Waals surface area (Å²) < 4.78 is 32.1. The molecule has 0 saturated carbocycles. The maximum absolute atomic E-state index is 13.4. The van der Waals surface area contributed by atoms with E-state index in [1.165, 1.54) is 31.2 Å². The highest BCUT2D eigenvalue weighted by molar-refractivity contribution is 6.31. The summed E-state index contributed by atoms with van der Waals surface area (Å²) in [6.45, 7) is 0.809. The number of Topliss-reactive ketones (excluding diaryl/α,β-unsaturated/α-hetero) is 1. The van der Waals surface area contributed by atoms with Crippen molar-refractivity contribution >= 4 is 29.0 Å². The molecule has 0 radical (unpaired) electrons. The van der Waals surface area contributed by atoms with E-state index in [1.807, 2.05) is 0 Å². The van der Waals surface area contributed by atoms with Gasteiger partial charge in [-0.3, -0.25) is 9.59 Å². The number of hydrogen-bond acceptors (Lipinski definition) is 3. The standard InChI is InChI=1S/C16H12ClF2NO3/c1-9(21)11-7-10(17)5-6-14(11)23-8-15(22)20-16-12(18)3-2-4-13(16)19/h2-7H,8H2,1H3,(H,20,22). The Kier molecular flexibility index (Phi) is 5.28. The number of para-hydroxylation sites is 1. The third-order valence-corrected chi connectivity index (χ3v) is 3.14. The van der Waals surface area contributed by atoms with Crippen LogP contribution in [0.1, 0.15) is 17.3 Å². The average Bonchev–Trinajstić information content (AvgIpc) is 2.49. The first-order chi connectivity index (χ1) is 10.9. The van der Waals surface area contributed by atoms with Crippen LogP contribution in [0.5, 0.6) is 5.75 Å². The molecule has 23 heavy (non-hydrogen) atoms. The van der Waals surface area contributed by atoms with Gasteiger partial charge in [-0.05, 0) is 37.3 Å². The summed E-state index contributed by atoms with van der Waals surface area (Å²) in [5, 5.41) is 2.43. The molecule has 1 N–H and O–H groups in total. The molecule has 4 nitrogen and oxygen atoms in total. The molecule has 0 aromatic heterocycles. The fourth-order valence-corrected chi connectivity index (χ4v) is 2.01. The predicted molar refractivity (Wildman–Crippen MR) is 81.9 cm³/mol. The van der Waals surface area contributed by atoms with Crippen molar-refractivity contribution in [2.75, 3.05) is 11.9 Å². The van der Waals surface area contributed by atoms with Crippen molar-refractivity contribution in [3.05, 3.63) is 58.6 Å². The van der Waals surface area contributed by atoms with Crippen LogP contribution < -0.4 is 10.1 Å². The van der Waals surface area contributed by atoms with Crippen LogP contribution in [0.2, 0.25) is 5.02 Å². The number of carbonyl (C=O) groups is 2. The van der Waals surface area contributed by atoms with E-state index in [-0.39, 0.29) is 17.1 Å². The third kappa shape index (κ3) is 4.26. The summed E-state index contributed by atoms with van der Waals surface area (Å²) >= 11 is 5.80. The number of benzene rings is 2. The third-order valence-electron chi connectivity index (χ3n) is 2.91. The number of hydrogen-bond donors (Lipinski definition) is 1. The summed E-state index contributed by atoms with van der Waals surface area (Å²) in [5.41, 5.74) is -0.341. The Morgan fingerprint density at radius 2 is 1.83 bits per heavy atom. The minimum atomic E-state index is -0.894. The smallest absolute Gasteiger partial charge is 0.262 e. The van der Waals surface area contributed by atoms with E-state index < -0.39 is 29.8 Å². The highest BCUT2D eigenvalue weighted by atomic mass is 35.5. The molecule has 0 atom stereocenters. The number of ketones is 1. The number of rotatable bonds is 5. The van der Waals surface area contributed by atoms with Gasteiger partial charge < -0.3 is 10.1 Å². The van der Waals surface area contributed by atoms with E-state index in [0.29, 0.717) is 5.02 Å². The monoisotopic (exact) mass is 339 g/mol. The molecule has 2 rings (SSSR count). The minimum absolute atomic E-state index is 0.158. The van der Waals surface area contributed by atoms with Crippen molar-refractivity contribution in [2.24, 2.45) is 0 Å². The van der Waals surface area contributed by atoms with Gasteiger partial charge >= 0.3 is 0 Å². The van der Waals surface area contributed by atoms with Gasteiger partial charge in [-0.1, -0.05) is 17.7 Å². The lowest BCUT2D eigenvalue weighted by molar-refractivity contribution is -0.118. The van der Waals surface area contributed by atoms with Crippen LogP contribution in [-0.4, -0.2) is 18.3 Å². The van der Waals surface area contributed by atoms with Crippen LogP contribution in [-0.2, 0) is 4.79 Å². The number of nitrogens with one attached hydrogen (secondary N) is 1. The maximum Gasteiger partial charge on any atom is 0.262 e. The van der Waals surface area contributed by atoms with Crippen molar-refractivity contribution in [1.29, 1.82) is 0 Å². The second kappa shape index (κ2) is 7.19. The van der Waals surface area contributed by atoms with E-state index in [1.54, 1.807) is 0 Å². The van der Waals surface area contributed by atoms with E-state index in [0.717, 1.165) is 12.1 Å². The Morgan fingerprint density at radius 1 is 1.17 bits per heavy atom. The zero-order chi connectivity index (χ0) is 17.0. The molecule has 0 aliphatic heterocycles. The van der Waals surface area contributed by atoms with Crippen molar-refractivity contribution in [3.8, 4) is 5.75 Å². The molecule has 0 heterocycles. The number of amides is 1. The van der Waals surface area contributed by atoms with Gasteiger partial charge in [-0.2, -0.15) is 0 Å². The summed E-state index contributed by atoms with van der Waals surface area (Å²) in [7, 11) is 0. The Balaban J connectivity index is 2.07. The first-order valence-corrected chi connectivity index (χ1v) is 6.93. The van der Waals surface area contributed by atoms with Crippen molar-refractivity contribution in [3.63, 3.8) is 0 Å². The highest BCUT2D eigenvalue weighted by Gasteiger charge is 2.14. The van der Waals surface area contributed by atoms with Crippen LogP contribution in [0.3, 0.4) is 0 Å². The Labute approximate surface area is 136 Å². The lowest BCUT2D eigenvalue weighted by Gasteiger charge is -2.11. The number of carbonyl (C=O) groups excluding carboxylic acids is 2. The summed E-state index contributed by atoms with van der Waals surface area (Å²) in [5.74, 6) is -2.68. The normalized spacial score (nSPS) is 10.3. The largest absolute Gasteiger partial charge is 0.483 e. The number of ether oxygens (including phenoxy) is 1. The molecule has 120 valence electrons. The zero-order valence-electron chi connectivity index (χ0n) is 12.0. The summed E-state index contributed by atoms with van der Waals surface area (Å²) in [6, 6.07) is 7.57. The molecule has 0 bridgehead atoms. The van der Waals surface area contributed by atoms with E-state index in [9.17, 15) is 18.4 Å². The van der Waals surface area contributed by atoms with Crippen LogP contribution >= 0.6 is 11.6 Å². The lowest BCUT2D eigenvalue weighted by Crippen LogP contribution is -2.22. The molecule has 1 amide bonds. The molecule has 0 aliphatic carbocycles. The first kappa shape index (κ1) is 16.9. The lowest BCUT2D eigenvalue weighted by atomic mass is 10.1. The minimum Gasteiger partial charge on any atom is -0.483 e. The van der Waals surface area contributed by atoms with Crippen molar-refractivity contribution in [2.45, 2.75) is 6.92 Å². The Bertz CT molecular complexity index is 745. The van der Waals surface area contributed by atoms with Crippen LogP contribution in [0.4, 0.5) is 14.5 Å². The predicted octanol–water partition coefficient (Wildman–Crippen LogP) is 3.84. The molecule has 0 aliphatic rings. The average molecular weight is 340 g/mol. The second-order valence-corrected chi connectivity index (χ2v) is 5.07. The molecule has 0 saturated heterocycles. The van der Waals surface area contributed by atoms with Gasteiger partial charge in [0.1, 0.15) is 23.1 Å². The topological polar surface area (TPSA) is 55.4 Å². The fraction of sp³-hybridized carbons (Fsp3) is 0.125. The van der Waals surface area contributed by atoms with Crippen molar-refractivity contribution in [1.82, 2.24) is 0 Å². The van der Waals surface area contributed by atoms with Gasteiger partial charge in [-0.15, -0.1) is 0 Å². The zero-order valence-corrected chi connectivity index (χ0v) is 12.8. The highest BCUT2D eigenvalue weighted by Crippen LogP contribution is 2.23. The van der Waals surface area contributed by atoms with Gasteiger partial charge in [-0.25, -0.2) is 8.78 Å². The maximum atomic E-state index is 13.4. The van der Waals surface area contributed by atoms with Crippen LogP contribution in [0, 0.1) is 11.6 Å². The quantitative estimate of drug-likeness (QED) is 0.842. The summed E-state index contributed by atoms with van der Waals surface area (Å²) in [6.07, 6.45) is 0. The van der Waals surface area contributed by atoms with Gasteiger partial charge in [0.25, 0.3) is 5.91 Å². The molecule has 0 spiro atoms. The van der Waals surface area contributed by atoms with Crippen LogP contribution in [0.25, 0.3) is 0 Å². The van der Waals surface area contributed by atoms with E-state index in [2.05, 4.69) is 5.32 Å². The van der Waals surface area contributed by atoms with Gasteiger partial charge in [0.05, 0.1) is 5.56 Å². The van der Waals surface area contributed by atoms with Gasteiger partial charge in [0.15, 0.2) is 12.4 Å². The van der Waals surface area contributed by atoms with Crippen LogP contribution in [0.15, 0.2) is 36.4 Å². The molecular weight excluding hydrogens is 328 g/mol. The number of anilines is 1. The molecule has 0 unspecified atom stereocenters. The van der Waals surface area contributed by atoms with Gasteiger partial charge in [0, 0.05) is 5.02 Å². The molecule has 7 heteroatoms. The van der Waals surface area contributed by atoms with E-state index >= 15 is 0 Å². The molecule has 2 aromatic carbocycles. The van der Waals surface area contributed by atoms with Gasteiger partial charge in [0.2, 0.25) is 0 Å². The molecule has 2 aromatic rings.